The predicted molar refractivity (Wildman–Crippen MR) is 157 cm³/mol. The maximum Gasteiger partial charge on any atom is 0.231 e. The van der Waals surface area contributed by atoms with E-state index in [9.17, 15) is 0 Å². The summed E-state index contributed by atoms with van der Waals surface area (Å²) >= 11 is 0. The van der Waals surface area contributed by atoms with Gasteiger partial charge in [0.05, 0.1) is 18.1 Å². The summed E-state index contributed by atoms with van der Waals surface area (Å²) in [5.41, 5.74) is 7.86. The zero-order valence-electron chi connectivity index (χ0n) is 24.3. The van der Waals surface area contributed by atoms with Crippen molar-refractivity contribution in [3.63, 3.8) is 0 Å². The van der Waals surface area contributed by atoms with Gasteiger partial charge in [-0.05, 0) is 94.7 Å². The van der Waals surface area contributed by atoms with Crippen LogP contribution in [-0.4, -0.2) is 20.5 Å². The molecule has 0 fully saturated rings. The Morgan fingerprint density at radius 3 is 2.40 bits per heavy atom. The average Bonchev–Trinajstić information content (AvgIpc) is 3.38. The number of aryl methyl sites for hydroxylation is 2. The van der Waals surface area contributed by atoms with Gasteiger partial charge in [-0.3, -0.25) is 0 Å². The van der Waals surface area contributed by atoms with Gasteiger partial charge in [-0.15, -0.1) is 0 Å². The minimum atomic E-state index is 0. The van der Waals surface area contributed by atoms with E-state index in [1.807, 2.05) is 6.07 Å². The number of fused-ring (bicyclic) bond motifs is 5. The van der Waals surface area contributed by atoms with Crippen LogP contribution in [0, 0.1) is 0 Å². The SMILES string of the molecule is COc1ccc2cc3[n+](cc2c1OC/C=C(\C)CC/C=C(\C)CCC=C(C)C)CCc1cc2c(cc1-3)OCO2.[Br-]. The van der Waals surface area contributed by atoms with Gasteiger partial charge in [0.25, 0.3) is 0 Å². The lowest BCUT2D eigenvalue weighted by Crippen LogP contribution is -3.00. The van der Waals surface area contributed by atoms with Crippen LogP contribution >= 0.6 is 0 Å². The average molecular weight is 607 g/mol. The van der Waals surface area contributed by atoms with Crippen molar-refractivity contribution < 1.29 is 40.5 Å². The molecule has 0 saturated heterocycles. The van der Waals surface area contributed by atoms with Crippen LogP contribution in [0.5, 0.6) is 23.0 Å². The summed E-state index contributed by atoms with van der Waals surface area (Å²) in [4.78, 5) is 0. The Labute approximate surface area is 248 Å². The van der Waals surface area contributed by atoms with Gasteiger partial charge in [-0.2, -0.15) is 4.57 Å². The van der Waals surface area contributed by atoms with Crippen molar-refractivity contribution in [1.82, 2.24) is 0 Å². The fourth-order valence-corrected chi connectivity index (χ4v) is 5.31. The fourth-order valence-electron chi connectivity index (χ4n) is 5.31. The summed E-state index contributed by atoms with van der Waals surface area (Å²) in [5, 5.41) is 2.18. The number of allylic oxidation sites excluding steroid dienone is 5. The highest BCUT2D eigenvalue weighted by Crippen LogP contribution is 2.41. The number of ether oxygens (including phenoxy) is 4. The number of pyridine rings is 1. The molecule has 2 aliphatic heterocycles. The van der Waals surface area contributed by atoms with E-state index in [2.05, 4.69) is 81.0 Å². The van der Waals surface area contributed by atoms with Gasteiger partial charge in [0.2, 0.25) is 12.5 Å². The molecule has 0 spiro atoms. The van der Waals surface area contributed by atoms with Crippen molar-refractivity contribution >= 4 is 10.8 Å². The second kappa shape index (κ2) is 13.4. The third-order valence-corrected chi connectivity index (χ3v) is 7.58. The van der Waals surface area contributed by atoms with E-state index < -0.39 is 0 Å². The van der Waals surface area contributed by atoms with Crippen LogP contribution in [0.3, 0.4) is 0 Å². The molecule has 2 aromatic carbocycles. The number of rotatable bonds is 10. The molecule has 0 N–H and O–H groups in total. The van der Waals surface area contributed by atoms with E-state index in [4.69, 9.17) is 18.9 Å². The Hall–Kier alpha value is -3.25. The van der Waals surface area contributed by atoms with E-state index in [1.165, 1.54) is 33.5 Å². The third-order valence-electron chi connectivity index (χ3n) is 7.58. The predicted octanol–water partition coefficient (Wildman–Crippen LogP) is 4.89. The zero-order chi connectivity index (χ0) is 27.4. The Morgan fingerprint density at radius 2 is 1.65 bits per heavy atom. The molecular weight excluding hydrogens is 566 g/mol. The van der Waals surface area contributed by atoms with Crippen LogP contribution in [0.15, 0.2) is 71.5 Å². The van der Waals surface area contributed by atoms with Crippen molar-refractivity contribution in [3.8, 4) is 34.3 Å². The van der Waals surface area contributed by atoms with Crippen LogP contribution in [-0.2, 0) is 13.0 Å². The topological polar surface area (TPSA) is 40.8 Å². The molecule has 0 atom stereocenters. The second-order valence-electron chi connectivity index (χ2n) is 10.8. The van der Waals surface area contributed by atoms with Crippen molar-refractivity contribution in [2.45, 2.75) is 66.3 Å². The van der Waals surface area contributed by atoms with Gasteiger partial charge in [0.15, 0.2) is 35.7 Å². The van der Waals surface area contributed by atoms with Gasteiger partial charge < -0.3 is 35.9 Å². The highest BCUT2D eigenvalue weighted by Gasteiger charge is 2.28. The highest BCUT2D eigenvalue weighted by atomic mass is 79.9. The lowest BCUT2D eigenvalue weighted by atomic mass is 9.95. The molecule has 212 valence electrons. The summed E-state index contributed by atoms with van der Waals surface area (Å²) in [6.45, 7) is 10.4. The van der Waals surface area contributed by atoms with Gasteiger partial charge in [0.1, 0.15) is 6.61 Å². The van der Waals surface area contributed by atoms with Crippen LogP contribution < -0.4 is 40.5 Å². The van der Waals surface area contributed by atoms with Gasteiger partial charge >= 0.3 is 0 Å². The molecule has 0 amide bonds. The standard InChI is InChI=1S/C34H40NO4.BrH/c1-23(2)8-6-9-24(3)10-7-11-25(4)15-17-37-34-29-21-35-16-14-27-19-32-33(39-22-38-32)20-28(27)30(35)18-26(29)12-13-31(34)36-5;/h8,10,12-13,15,18-21H,6-7,9,11,14,16-17,22H2,1-5H3;1H/q+1;/p-1/b24-10+,25-15+;. The number of nitrogens with zero attached hydrogens (tertiary/aromatic N) is 1. The first-order valence-corrected chi connectivity index (χ1v) is 14.0. The Kier molecular flexibility index (Phi) is 9.96. The number of methoxy groups -OCH3 is 1. The number of halogens is 1. The first-order valence-electron chi connectivity index (χ1n) is 14.0. The number of hydrogen-bond donors (Lipinski definition) is 0. The summed E-state index contributed by atoms with van der Waals surface area (Å²) in [5.74, 6) is 3.21. The van der Waals surface area contributed by atoms with Crippen molar-refractivity contribution in [1.29, 1.82) is 0 Å². The molecule has 6 heteroatoms. The van der Waals surface area contributed by atoms with Crippen molar-refractivity contribution in [2.75, 3.05) is 20.5 Å². The minimum absolute atomic E-state index is 0. The molecule has 0 saturated carbocycles. The van der Waals surface area contributed by atoms with Gasteiger partial charge in [-0.1, -0.05) is 28.9 Å². The van der Waals surface area contributed by atoms with Gasteiger partial charge in [0, 0.05) is 12.5 Å². The van der Waals surface area contributed by atoms with Crippen LogP contribution in [0.25, 0.3) is 22.0 Å². The molecule has 5 nitrogen and oxygen atoms in total. The summed E-state index contributed by atoms with van der Waals surface area (Å²) in [6.07, 6.45) is 14.4. The molecule has 1 aromatic heterocycles. The fraction of sp³-hybridized carbons (Fsp3) is 0.382. The smallest absolute Gasteiger partial charge is 0.231 e. The molecule has 3 aromatic rings. The van der Waals surface area contributed by atoms with Crippen molar-refractivity contribution in [3.05, 3.63) is 77.0 Å². The quantitative estimate of drug-likeness (QED) is 0.244. The number of benzene rings is 2. The maximum absolute atomic E-state index is 6.36. The number of aromatic nitrogens is 1. The highest BCUT2D eigenvalue weighted by molar-refractivity contribution is 5.91. The molecule has 0 bridgehead atoms. The van der Waals surface area contributed by atoms with Crippen LogP contribution in [0.1, 0.15) is 58.9 Å². The molecule has 3 heterocycles. The first-order chi connectivity index (χ1) is 18.9. The Bertz CT molecular complexity index is 1470. The second-order valence-corrected chi connectivity index (χ2v) is 10.8. The lowest BCUT2D eigenvalue weighted by molar-refractivity contribution is -0.686. The molecular formula is C34H40BrNO4. The number of hydrogen-bond acceptors (Lipinski definition) is 4. The van der Waals surface area contributed by atoms with Crippen LogP contribution in [0.2, 0.25) is 0 Å². The molecule has 2 aliphatic rings. The summed E-state index contributed by atoms with van der Waals surface area (Å²) in [7, 11) is 1.70. The van der Waals surface area contributed by atoms with E-state index in [1.54, 1.807) is 7.11 Å². The summed E-state index contributed by atoms with van der Waals surface area (Å²) < 4.78 is 25.6. The largest absolute Gasteiger partial charge is 1.00 e. The molecule has 0 radical (unpaired) electrons. The monoisotopic (exact) mass is 605 g/mol. The molecule has 0 unspecified atom stereocenters. The first kappa shape index (κ1) is 29.7. The molecule has 0 aliphatic carbocycles. The van der Waals surface area contributed by atoms with E-state index in [0.717, 1.165) is 72.4 Å². The maximum atomic E-state index is 6.36. The summed E-state index contributed by atoms with van der Waals surface area (Å²) in [6, 6.07) is 10.6. The normalized spacial score (nSPS) is 13.8. The lowest BCUT2D eigenvalue weighted by Gasteiger charge is -2.17. The minimum Gasteiger partial charge on any atom is -1.00 e. The zero-order valence-corrected chi connectivity index (χ0v) is 25.9. The Balaban J connectivity index is 0.00000370. The third kappa shape index (κ3) is 6.72. The van der Waals surface area contributed by atoms with E-state index in [-0.39, 0.29) is 23.8 Å². The van der Waals surface area contributed by atoms with E-state index in [0.29, 0.717) is 6.61 Å². The van der Waals surface area contributed by atoms with Crippen LogP contribution in [0.4, 0.5) is 0 Å². The Morgan fingerprint density at radius 1 is 0.925 bits per heavy atom. The van der Waals surface area contributed by atoms with Crippen molar-refractivity contribution in [2.24, 2.45) is 0 Å². The molecule has 40 heavy (non-hydrogen) atoms. The van der Waals surface area contributed by atoms with Gasteiger partial charge in [-0.25, -0.2) is 0 Å². The van der Waals surface area contributed by atoms with E-state index >= 15 is 0 Å². The molecule has 5 rings (SSSR count).